The highest BCUT2D eigenvalue weighted by atomic mass is 35.5. The van der Waals surface area contributed by atoms with Crippen molar-refractivity contribution in [3.63, 3.8) is 0 Å². The predicted octanol–water partition coefficient (Wildman–Crippen LogP) is 5.55. The summed E-state index contributed by atoms with van der Waals surface area (Å²) < 4.78 is 43.6. The van der Waals surface area contributed by atoms with E-state index in [9.17, 15) is 18.0 Å². The zero-order valence-corrected chi connectivity index (χ0v) is 16.1. The summed E-state index contributed by atoms with van der Waals surface area (Å²) in [7, 11) is 0. The van der Waals surface area contributed by atoms with Crippen LogP contribution in [0.3, 0.4) is 0 Å². The molecule has 0 aliphatic rings. The summed E-state index contributed by atoms with van der Waals surface area (Å²) in [5, 5.41) is 0.288. The molecule has 0 amide bonds. The fraction of sp³-hybridized carbons (Fsp3) is 0.611. The van der Waals surface area contributed by atoms with Crippen LogP contribution in [0.5, 0.6) is 0 Å². The van der Waals surface area contributed by atoms with Crippen LogP contribution in [-0.4, -0.2) is 18.8 Å². The number of carbonyl (C=O) groups excluding carboxylic acids is 1. The Morgan fingerprint density at radius 1 is 1.24 bits per heavy atom. The van der Waals surface area contributed by atoms with E-state index in [1.807, 2.05) is 6.92 Å². The smallest absolute Gasteiger partial charge is 0.397 e. The van der Waals surface area contributed by atoms with E-state index in [-0.39, 0.29) is 22.6 Å². The van der Waals surface area contributed by atoms with Crippen LogP contribution in [-0.2, 0) is 14.9 Å². The quantitative estimate of drug-likeness (QED) is 0.680. The second-order valence-corrected chi connectivity index (χ2v) is 6.65. The minimum Gasteiger partial charge on any atom is -0.466 e. The standard InChI is InChI=1S/C14H19ClF3N.C4H8O2/c1-4-5-12(19)9-6-10(8-11(15)7-9)13(2,3)14(16,17)18;1-3-6-4(2)5/h6-8,12H,4-5,19H2,1-3H3;3H2,1-2H3. The molecular formula is C18H27ClF3NO2. The maximum atomic E-state index is 13.1. The highest BCUT2D eigenvalue weighted by Gasteiger charge is 2.48. The van der Waals surface area contributed by atoms with Gasteiger partial charge in [-0.25, -0.2) is 0 Å². The highest BCUT2D eigenvalue weighted by Crippen LogP contribution is 2.41. The first-order valence-corrected chi connectivity index (χ1v) is 8.51. The minimum atomic E-state index is -4.33. The molecule has 144 valence electrons. The maximum Gasteiger partial charge on any atom is 0.397 e. The van der Waals surface area contributed by atoms with Gasteiger partial charge < -0.3 is 10.5 Å². The van der Waals surface area contributed by atoms with E-state index < -0.39 is 11.6 Å². The first kappa shape index (κ1) is 23.7. The molecule has 0 fully saturated rings. The topological polar surface area (TPSA) is 52.3 Å². The number of benzene rings is 1. The number of nitrogens with two attached hydrogens (primary N) is 1. The molecule has 0 aliphatic heterocycles. The van der Waals surface area contributed by atoms with Crippen molar-refractivity contribution >= 4 is 17.6 Å². The van der Waals surface area contributed by atoms with Gasteiger partial charge in [0.25, 0.3) is 0 Å². The molecule has 3 nitrogen and oxygen atoms in total. The summed E-state index contributed by atoms with van der Waals surface area (Å²) in [5.74, 6) is -0.211. The number of esters is 1. The van der Waals surface area contributed by atoms with Gasteiger partial charge in [-0.15, -0.1) is 0 Å². The lowest BCUT2D eigenvalue weighted by Crippen LogP contribution is -2.36. The minimum absolute atomic E-state index is 0.147. The van der Waals surface area contributed by atoms with Crippen molar-refractivity contribution in [3.05, 3.63) is 34.3 Å². The Bertz CT molecular complexity index is 560. The third kappa shape index (κ3) is 7.65. The van der Waals surface area contributed by atoms with Crippen LogP contribution >= 0.6 is 11.6 Å². The van der Waals surface area contributed by atoms with Gasteiger partial charge in [-0.2, -0.15) is 13.2 Å². The number of rotatable bonds is 5. The molecule has 1 rings (SSSR count). The highest BCUT2D eigenvalue weighted by molar-refractivity contribution is 6.30. The summed E-state index contributed by atoms with van der Waals surface area (Å²) in [6.07, 6.45) is -2.75. The predicted molar refractivity (Wildman–Crippen MR) is 94.7 cm³/mol. The number of halogens is 4. The lowest BCUT2D eigenvalue weighted by molar-refractivity contribution is -0.180. The molecule has 2 N–H and O–H groups in total. The molecule has 1 unspecified atom stereocenters. The van der Waals surface area contributed by atoms with E-state index >= 15 is 0 Å². The van der Waals surface area contributed by atoms with Gasteiger partial charge in [-0.1, -0.05) is 31.0 Å². The number of hydrogen-bond donors (Lipinski definition) is 1. The first-order chi connectivity index (χ1) is 11.4. The second kappa shape index (κ2) is 10.0. The summed E-state index contributed by atoms with van der Waals surface area (Å²) in [5.41, 5.74) is 4.81. The number of alkyl halides is 3. The molecule has 0 spiro atoms. The van der Waals surface area contributed by atoms with Gasteiger partial charge in [0.2, 0.25) is 0 Å². The molecule has 0 bridgehead atoms. The molecule has 0 heterocycles. The van der Waals surface area contributed by atoms with Crippen molar-refractivity contribution in [2.45, 2.75) is 65.1 Å². The summed E-state index contributed by atoms with van der Waals surface area (Å²) >= 11 is 5.93. The molecule has 25 heavy (non-hydrogen) atoms. The Morgan fingerprint density at radius 3 is 2.16 bits per heavy atom. The van der Waals surface area contributed by atoms with Gasteiger partial charge in [0.1, 0.15) is 0 Å². The lowest BCUT2D eigenvalue weighted by atomic mass is 9.82. The van der Waals surface area contributed by atoms with E-state index in [1.165, 1.54) is 19.1 Å². The van der Waals surface area contributed by atoms with E-state index in [2.05, 4.69) is 4.74 Å². The molecule has 1 aromatic carbocycles. The zero-order valence-electron chi connectivity index (χ0n) is 15.3. The molecular weight excluding hydrogens is 355 g/mol. The van der Waals surface area contributed by atoms with Gasteiger partial charge in [0, 0.05) is 18.0 Å². The normalized spacial score (nSPS) is 12.9. The average molecular weight is 382 g/mol. The molecule has 0 radical (unpaired) electrons. The Hall–Kier alpha value is -1.27. The summed E-state index contributed by atoms with van der Waals surface area (Å²) in [4.78, 5) is 9.82. The van der Waals surface area contributed by atoms with Crippen molar-refractivity contribution in [2.75, 3.05) is 6.61 Å². The fourth-order valence-electron chi connectivity index (χ4n) is 2.03. The fourth-order valence-corrected chi connectivity index (χ4v) is 2.28. The van der Waals surface area contributed by atoms with Crippen molar-refractivity contribution < 1.29 is 22.7 Å². The van der Waals surface area contributed by atoms with Crippen molar-refractivity contribution in [2.24, 2.45) is 5.73 Å². The van der Waals surface area contributed by atoms with E-state index in [1.54, 1.807) is 13.0 Å². The van der Waals surface area contributed by atoms with Gasteiger partial charge in [0.05, 0.1) is 12.0 Å². The monoisotopic (exact) mass is 381 g/mol. The molecule has 0 saturated carbocycles. The van der Waals surface area contributed by atoms with Crippen molar-refractivity contribution in [1.82, 2.24) is 0 Å². The Balaban J connectivity index is 0.000000823. The number of carbonyl (C=O) groups is 1. The van der Waals surface area contributed by atoms with Crippen molar-refractivity contribution in [3.8, 4) is 0 Å². The first-order valence-electron chi connectivity index (χ1n) is 8.13. The third-order valence-electron chi connectivity index (χ3n) is 3.73. The summed E-state index contributed by atoms with van der Waals surface area (Å²) in [6, 6.07) is 4.22. The van der Waals surface area contributed by atoms with Crippen LogP contribution in [0.15, 0.2) is 18.2 Å². The third-order valence-corrected chi connectivity index (χ3v) is 3.94. The second-order valence-electron chi connectivity index (χ2n) is 6.22. The van der Waals surface area contributed by atoms with Gasteiger partial charge in [-0.05, 0) is 50.5 Å². The van der Waals surface area contributed by atoms with Crippen LogP contribution in [0.2, 0.25) is 5.02 Å². The lowest BCUT2D eigenvalue weighted by Gasteiger charge is -2.29. The Kier molecular flexibility index (Phi) is 9.51. The molecule has 1 atom stereocenters. The number of hydrogen-bond acceptors (Lipinski definition) is 3. The zero-order chi connectivity index (χ0) is 19.8. The van der Waals surface area contributed by atoms with Crippen LogP contribution in [0, 0.1) is 0 Å². The Labute approximate surface area is 152 Å². The van der Waals surface area contributed by atoms with Crippen LogP contribution in [0.25, 0.3) is 0 Å². The molecule has 7 heteroatoms. The van der Waals surface area contributed by atoms with Gasteiger partial charge >= 0.3 is 12.1 Å². The molecule has 0 saturated heterocycles. The maximum absolute atomic E-state index is 13.1. The summed E-state index contributed by atoms with van der Waals surface area (Å²) in [6.45, 7) is 7.92. The molecule has 0 aliphatic carbocycles. The van der Waals surface area contributed by atoms with Crippen LogP contribution in [0.1, 0.15) is 64.6 Å². The van der Waals surface area contributed by atoms with Crippen LogP contribution < -0.4 is 5.73 Å². The van der Waals surface area contributed by atoms with Crippen LogP contribution in [0.4, 0.5) is 13.2 Å². The SMILES string of the molecule is CCCC(N)c1cc(Cl)cc(C(C)(C)C(F)(F)F)c1.CCOC(C)=O. The largest absolute Gasteiger partial charge is 0.466 e. The van der Waals surface area contributed by atoms with Crippen molar-refractivity contribution in [1.29, 1.82) is 0 Å². The van der Waals surface area contributed by atoms with Gasteiger partial charge in [0.15, 0.2) is 0 Å². The molecule has 1 aromatic rings. The average Bonchev–Trinajstić information content (AvgIpc) is 2.46. The van der Waals surface area contributed by atoms with E-state index in [0.29, 0.717) is 18.6 Å². The van der Waals surface area contributed by atoms with E-state index in [0.717, 1.165) is 20.3 Å². The Morgan fingerprint density at radius 2 is 1.80 bits per heavy atom. The van der Waals surface area contributed by atoms with E-state index in [4.69, 9.17) is 17.3 Å². The number of ether oxygens (including phenoxy) is 1. The molecule has 0 aromatic heterocycles. The van der Waals surface area contributed by atoms with Gasteiger partial charge in [-0.3, -0.25) is 4.79 Å².